The third kappa shape index (κ3) is 3.64. The topological polar surface area (TPSA) is 79.3 Å². The normalized spacial score (nSPS) is 21.3. The molecule has 0 aliphatic heterocycles. The molecule has 5 nitrogen and oxygen atoms in total. The SMILES string of the molecule is CC1CC1CNC(=O)c1ncccc1/C=C/C(=O)O. The molecule has 1 aliphatic rings. The van der Waals surface area contributed by atoms with Crippen LogP contribution in [-0.2, 0) is 4.79 Å². The molecule has 2 unspecified atom stereocenters. The second kappa shape index (κ2) is 5.65. The smallest absolute Gasteiger partial charge is 0.328 e. The van der Waals surface area contributed by atoms with Gasteiger partial charge in [0.1, 0.15) is 5.69 Å². The van der Waals surface area contributed by atoms with E-state index in [9.17, 15) is 9.59 Å². The van der Waals surface area contributed by atoms with Gasteiger partial charge in [-0.2, -0.15) is 0 Å². The van der Waals surface area contributed by atoms with E-state index in [-0.39, 0.29) is 11.6 Å². The highest BCUT2D eigenvalue weighted by molar-refractivity contribution is 5.97. The minimum Gasteiger partial charge on any atom is -0.478 e. The standard InChI is InChI=1S/C14H16N2O3/c1-9-7-11(9)8-16-14(19)13-10(3-2-6-15-13)4-5-12(17)18/h2-6,9,11H,7-8H2,1H3,(H,16,19)(H,17,18)/b5-4+. The predicted octanol–water partition coefficient (Wildman–Crippen LogP) is 1.57. The number of carbonyl (C=O) groups is 2. The number of carboxylic acid groups (broad SMARTS) is 1. The lowest BCUT2D eigenvalue weighted by Crippen LogP contribution is -2.27. The number of aromatic nitrogens is 1. The fraction of sp³-hybridized carbons (Fsp3) is 0.357. The van der Waals surface area contributed by atoms with Gasteiger partial charge in [0.25, 0.3) is 5.91 Å². The summed E-state index contributed by atoms with van der Waals surface area (Å²) in [5.41, 5.74) is 0.763. The van der Waals surface area contributed by atoms with Gasteiger partial charge in [-0.05, 0) is 30.4 Å². The highest BCUT2D eigenvalue weighted by atomic mass is 16.4. The minimum absolute atomic E-state index is 0.258. The Morgan fingerprint density at radius 3 is 2.95 bits per heavy atom. The maximum absolute atomic E-state index is 12.0. The Morgan fingerprint density at radius 1 is 1.58 bits per heavy atom. The Kier molecular flexibility index (Phi) is 3.94. The Balaban J connectivity index is 2.05. The van der Waals surface area contributed by atoms with Gasteiger partial charge in [0, 0.05) is 24.4 Å². The number of rotatable bonds is 5. The van der Waals surface area contributed by atoms with Gasteiger partial charge >= 0.3 is 5.97 Å². The molecular formula is C14H16N2O3. The van der Waals surface area contributed by atoms with E-state index in [1.165, 1.54) is 12.3 Å². The maximum atomic E-state index is 12.0. The van der Waals surface area contributed by atoms with Crippen LogP contribution in [0.25, 0.3) is 6.08 Å². The summed E-state index contributed by atoms with van der Waals surface area (Å²) < 4.78 is 0. The number of pyridine rings is 1. The molecule has 2 atom stereocenters. The summed E-state index contributed by atoms with van der Waals surface area (Å²) in [6.45, 7) is 2.80. The van der Waals surface area contributed by atoms with Crippen molar-refractivity contribution in [2.45, 2.75) is 13.3 Å². The summed E-state index contributed by atoms with van der Waals surface area (Å²) in [5.74, 6) is -0.0761. The van der Waals surface area contributed by atoms with Crippen LogP contribution >= 0.6 is 0 Å². The molecule has 19 heavy (non-hydrogen) atoms. The van der Waals surface area contributed by atoms with Gasteiger partial charge in [0.05, 0.1) is 0 Å². The van der Waals surface area contributed by atoms with Crippen molar-refractivity contribution >= 4 is 18.0 Å². The molecule has 0 aromatic carbocycles. The zero-order chi connectivity index (χ0) is 13.8. The first-order valence-corrected chi connectivity index (χ1v) is 6.22. The molecule has 0 radical (unpaired) electrons. The van der Waals surface area contributed by atoms with Crippen molar-refractivity contribution < 1.29 is 14.7 Å². The average Bonchev–Trinajstić information content (AvgIpc) is 3.10. The van der Waals surface area contributed by atoms with Crippen LogP contribution < -0.4 is 5.32 Å². The molecular weight excluding hydrogens is 244 g/mol. The van der Waals surface area contributed by atoms with Gasteiger partial charge in [-0.25, -0.2) is 4.79 Å². The summed E-state index contributed by atoms with van der Waals surface area (Å²) in [4.78, 5) is 26.5. The van der Waals surface area contributed by atoms with E-state index in [1.54, 1.807) is 12.1 Å². The highest BCUT2D eigenvalue weighted by Gasteiger charge is 2.32. The summed E-state index contributed by atoms with van der Waals surface area (Å²) in [5, 5.41) is 11.4. The molecule has 0 spiro atoms. The highest BCUT2D eigenvalue weighted by Crippen LogP contribution is 2.36. The predicted molar refractivity (Wildman–Crippen MR) is 70.5 cm³/mol. The first-order chi connectivity index (χ1) is 9.08. The summed E-state index contributed by atoms with van der Waals surface area (Å²) >= 11 is 0. The fourth-order valence-electron chi connectivity index (χ4n) is 1.89. The molecule has 1 fully saturated rings. The van der Waals surface area contributed by atoms with Crippen LogP contribution in [0.2, 0.25) is 0 Å². The van der Waals surface area contributed by atoms with Crippen LogP contribution in [0.3, 0.4) is 0 Å². The van der Waals surface area contributed by atoms with Crippen molar-refractivity contribution in [1.82, 2.24) is 10.3 Å². The summed E-state index contributed by atoms with van der Waals surface area (Å²) in [6, 6.07) is 3.34. The lowest BCUT2D eigenvalue weighted by molar-refractivity contribution is -0.131. The number of carbonyl (C=O) groups excluding carboxylic acids is 1. The monoisotopic (exact) mass is 260 g/mol. The molecule has 1 aliphatic carbocycles. The zero-order valence-electron chi connectivity index (χ0n) is 10.7. The largest absolute Gasteiger partial charge is 0.478 e. The van der Waals surface area contributed by atoms with Crippen LogP contribution in [0, 0.1) is 11.8 Å². The number of carboxylic acids is 1. The van der Waals surface area contributed by atoms with Gasteiger partial charge in [-0.3, -0.25) is 9.78 Å². The second-order valence-corrected chi connectivity index (χ2v) is 4.80. The lowest BCUT2D eigenvalue weighted by Gasteiger charge is -2.06. The maximum Gasteiger partial charge on any atom is 0.328 e. The van der Waals surface area contributed by atoms with Crippen LogP contribution in [0.1, 0.15) is 29.4 Å². The van der Waals surface area contributed by atoms with E-state index >= 15 is 0 Å². The molecule has 100 valence electrons. The Morgan fingerprint density at radius 2 is 2.32 bits per heavy atom. The van der Waals surface area contributed by atoms with E-state index in [0.717, 1.165) is 12.5 Å². The molecule has 2 N–H and O–H groups in total. The molecule has 1 heterocycles. The third-order valence-corrected chi connectivity index (χ3v) is 3.26. The first-order valence-electron chi connectivity index (χ1n) is 6.22. The molecule has 2 rings (SSSR count). The van der Waals surface area contributed by atoms with Gasteiger partial charge in [0.15, 0.2) is 0 Å². The van der Waals surface area contributed by atoms with Gasteiger partial charge in [-0.15, -0.1) is 0 Å². The van der Waals surface area contributed by atoms with Crippen molar-refractivity contribution in [2.75, 3.05) is 6.54 Å². The van der Waals surface area contributed by atoms with Crippen molar-refractivity contribution in [2.24, 2.45) is 11.8 Å². The zero-order valence-corrected chi connectivity index (χ0v) is 10.7. The van der Waals surface area contributed by atoms with Gasteiger partial charge in [0.2, 0.25) is 0 Å². The van der Waals surface area contributed by atoms with Crippen molar-refractivity contribution in [3.05, 3.63) is 35.7 Å². The number of aliphatic carboxylic acids is 1. The van der Waals surface area contributed by atoms with Crippen molar-refractivity contribution in [3.8, 4) is 0 Å². The summed E-state index contributed by atoms with van der Waals surface area (Å²) in [6.07, 6.45) is 5.04. The van der Waals surface area contributed by atoms with Crippen LogP contribution in [0.15, 0.2) is 24.4 Å². The first kappa shape index (κ1) is 13.3. The molecule has 1 aromatic rings. The van der Waals surface area contributed by atoms with E-state index < -0.39 is 5.97 Å². The van der Waals surface area contributed by atoms with E-state index in [2.05, 4.69) is 17.2 Å². The van der Waals surface area contributed by atoms with Gasteiger partial charge in [-0.1, -0.05) is 13.0 Å². The number of nitrogens with zero attached hydrogens (tertiary/aromatic N) is 1. The number of amides is 1. The average molecular weight is 260 g/mol. The van der Waals surface area contributed by atoms with Crippen molar-refractivity contribution in [3.63, 3.8) is 0 Å². The van der Waals surface area contributed by atoms with Crippen LogP contribution in [0.4, 0.5) is 0 Å². The number of nitrogens with one attached hydrogen (secondary N) is 1. The molecule has 0 saturated heterocycles. The number of hydrogen-bond donors (Lipinski definition) is 2. The van der Waals surface area contributed by atoms with Gasteiger partial charge < -0.3 is 10.4 Å². The second-order valence-electron chi connectivity index (χ2n) is 4.80. The van der Waals surface area contributed by atoms with Crippen molar-refractivity contribution in [1.29, 1.82) is 0 Å². The van der Waals surface area contributed by atoms with E-state index in [4.69, 9.17) is 5.11 Å². The Labute approximate surface area is 111 Å². The lowest BCUT2D eigenvalue weighted by atomic mass is 10.1. The fourth-order valence-corrected chi connectivity index (χ4v) is 1.89. The van der Waals surface area contributed by atoms with Crippen LogP contribution in [-0.4, -0.2) is 28.5 Å². The molecule has 5 heteroatoms. The quantitative estimate of drug-likeness (QED) is 0.787. The van der Waals surface area contributed by atoms with Crippen LogP contribution in [0.5, 0.6) is 0 Å². The molecule has 0 bridgehead atoms. The van der Waals surface area contributed by atoms with E-state index in [1.807, 2.05) is 0 Å². The summed E-state index contributed by atoms with van der Waals surface area (Å²) in [7, 11) is 0. The Bertz CT molecular complexity index is 525. The minimum atomic E-state index is -1.05. The third-order valence-electron chi connectivity index (χ3n) is 3.26. The Hall–Kier alpha value is -2.17. The molecule has 1 amide bonds. The molecule has 1 saturated carbocycles. The molecule has 1 aromatic heterocycles. The van der Waals surface area contributed by atoms with E-state index in [0.29, 0.717) is 23.9 Å². The number of hydrogen-bond acceptors (Lipinski definition) is 3.